The summed E-state index contributed by atoms with van der Waals surface area (Å²) < 4.78 is 24.7. The summed E-state index contributed by atoms with van der Waals surface area (Å²) in [4.78, 5) is 23.1. The highest BCUT2D eigenvalue weighted by Crippen LogP contribution is 2.23. The van der Waals surface area contributed by atoms with E-state index < -0.39 is 35.1 Å². The number of carboxylic acids is 1. The molecule has 0 spiro atoms. The molecule has 0 amide bonds. The van der Waals surface area contributed by atoms with Gasteiger partial charge in [-0.2, -0.15) is 0 Å². The van der Waals surface area contributed by atoms with Gasteiger partial charge in [-0.1, -0.05) is 0 Å². The highest BCUT2D eigenvalue weighted by atomic mass is 19.3. The van der Waals surface area contributed by atoms with Crippen molar-refractivity contribution < 1.29 is 23.6 Å². The molecule has 8 heteroatoms. The second kappa shape index (κ2) is 4.60. The number of alkyl halides is 2. The molecule has 0 saturated carbocycles. The monoisotopic (exact) mass is 232 g/mol. The van der Waals surface area contributed by atoms with Crippen LogP contribution in [0.15, 0.2) is 12.1 Å². The van der Waals surface area contributed by atoms with Crippen LogP contribution in [0.25, 0.3) is 0 Å². The number of carboxylic acid groups (broad SMARTS) is 1. The number of hydrogen-bond donors (Lipinski definition) is 1. The van der Waals surface area contributed by atoms with Crippen LogP contribution in [0.2, 0.25) is 0 Å². The van der Waals surface area contributed by atoms with Crippen LogP contribution in [0.1, 0.15) is 17.7 Å². The quantitative estimate of drug-likeness (QED) is 0.627. The van der Waals surface area contributed by atoms with Crippen LogP contribution in [0.3, 0.4) is 0 Å². The van der Waals surface area contributed by atoms with Crippen LogP contribution in [-0.2, 0) is 11.2 Å². The van der Waals surface area contributed by atoms with Crippen LogP contribution in [0, 0.1) is 10.1 Å². The Morgan fingerprint density at radius 1 is 1.56 bits per heavy atom. The Balaban J connectivity index is 3.18. The molecule has 0 saturated heterocycles. The number of aliphatic carboxylic acids is 1. The average Bonchev–Trinajstić information content (AvgIpc) is 2.15. The van der Waals surface area contributed by atoms with Gasteiger partial charge in [0, 0.05) is 11.6 Å². The summed E-state index contributed by atoms with van der Waals surface area (Å²) in [5, 5.41) is 18.8. The third-order valence-electron chi connectivity index (χ3n) is 1.66. The minimum Gasteiger partial charge on any atom is -0.481 e. The molecular weight excluding hydrogens is 226 g/mol. The first-order valence-corrected chi connectivity index (χ1v) is 4.05. The van der Waals surface area contributed by atoms with Crippen molar-refractivity contribution in [2.24, 2.45) is 0 Å². The number of halogens is 2. The van der Waals surface area contributed by atoms with E-state index in [9.17, 15) is 23.7 Å². The number of rotatable bonds is 4. The van der Waals surface area contributed by atoms with Crippen LogP contribution in [0.4, 0.5) is 14.6 Å². The Kier molecular flexibility index (Phi) is 3.44. The number of nitrogens with zero attached hydrogens (tertiary/aromatic N) is 2. The minimum atomic E-state index is -2.91. The molecule has 0 aromatic carbocycles. The van der Waals surface area contributed by atoms with Crippen LogP contribution < -0.4 is 0 Å². The first-order chi connectivity index (χ1) is 7.40. The Labute approximate surface area is 87.7 Å². The standard InChI is InChI=1S/C8H6F2N2O4/c9-8(10)4-1-5(3-7(13)14)11-6(2-4)12(15)16/h1-2,8H,3H2,(H,13,14). The van der Waals surface area contributed by atoms with Crippen molar-refractivity contribution in [2.75, 3.05) is 0 Å². The molecule has 86 valence electrons. The first-order valence-electron chi connectivity index (χ1n) is 4.05. The highest BCUT2D eigenvalue weighted by molar-refractivity contribution is 5.69. The summed E-state index contributed by atoms with van der Waals surface area (Å²) in [6, 6.07) is 1.46. The maximum atomic E-state index is 12.3. The van der Waals surface area contributed by atoms with E-state index in [2.05, 4.69) is 4.98 Å². The van der Waals surface area contributed by atoms with Gasteiger partial charge < -0.3 is 15.2 Å². The van der Waals surface area contributed by atoms with E-state index >= 15 is 0 Å². The fourth-order valence-corrected chi connectivity index (χ4v) is 1.06. The zero-order chi connectivity index (χ0) is 12.3. The van der Waals surface area contributed by atoms with E-state index in [4.69, 9.17) is 5.11 Å². The molecule has 1 aromatic heterocycles. The van der Waals surface area contributed by atoms with Gasteiger partial charge in [0.15, 0.2) is 5.69 Å². The third-order valence-corrected chi connectivity index (χ3v) is 1.66. The van der Waals surface area contributed by atoms with Gasteiger partial charge in [0.05, 0.1) is 0 Å². The number of aromatic nitrogens is 1. The van der Waals surface area contributed by atoms with E-state index in [0.717, 1.165) is 6.07 Å². The lowest BCUT2D eigenvalue weighted by Gasteiger charge is -2.00. The molecule has 1 rings (SSSR count). The number of carbonyl (C=O) groups is 1. The molecule has 0 aliphatic heterocycles. The molecule has 1 N–H and O–H groups in total. The number of hydrogen-bond acceptors (Lipinski definition) is 4. The molecule has 0 fully saturated rings. The summed E-state index contributed by atoms with van der Waals surface area (Å²) in [7, 11) is 0. The van der Waals surface area contributed by atoms with Crippen molar-refractivity contribution in [1.82, 2.24) is 4.98 Å². The van der Waals surface area contributed by atoms with Gasteiger partial charge >= 0.3 is 11.8 Å². The van der Waals surface area contributed by atoms with Gasteiger partial charge in [0.1, 0.15) is 6.42 Å². The molecular formula is C8H6F2N2O4. The van der Waals surface area contributed by atoms with Gasteiger partial charge in [-0.25, -0.2) is 8.78 Å². The fourth-order valence-electron chi connectivity index (χ4n) is 1.06. The Hall–Kier alpha value is -2.12. The van der Waals surface area contributed by atoms with Crippen molar-refractivity contribution in [1.29, 1.82) is 0 Å². The second-order valence-electron chi connectivity index (χ2n) is 2.88. The molecule has 16 heavy (non-hydrogen) atoms. The van der Waals surface area contributed by atoms with Crippen molar-refractivity contribution in [2.45, 2.75) is 12.8 Å². The normalized spacial score (nSPS) is 10.4. The van der Waals surface area contributed by atoms with E-state index in [-0.39, 0.29) is 5.69 Å². The first kappa shape index (κ1) is 12.0. The lowest BCUT2D eigenvalue weighted by Crippen LogP contribution is -2.05. The zero-order valence-electron chi connectivity index (χ0n) is 7.76. The molecule has 0 radical (unpaired) electrons. The zero-order valence-corrected chi connectivity index (χ0v) is 7.76. The predicted octanol–water partition coefficient (Wildman–Crippen LogP) is 1.55. The SMILES string of the molecule is O=C(O)Cc1cc(C(F)F)cc([N+](=O)[O-])n1. The lowest BCUT2D eigenvalue weighted by atomic mass is 10.2. The maximum absolute atomic E-state index is 12.3. The largest absolute Gasteiger partial charge is 0.481 e. The van der Waals surface area contributed by atoms with Gasteiger partial charge in [-0.05, 0) is 16.0 Å². The summed E-state index contributed by atoms with van der Waals surface area (Å²) in [6.07, 6.45) is -3.55. The highest BCUT2D eigenvalue weighted by Gasteiger charge is 2.19. The van der Waals surface area contributed by atoms with Crippen LogP contribution >= 0.6 is 0 Å². The summed E-state index contributed by atoms with van der Waals surface area (Å²) in [5.41, 5.74) is -0.880. The van der Waals surface area contributed by atoms with Crippen molar-refractivity contribution in [3.8, 4) is 0 Å². The van der Waals surface area contributed by atoms with Gasteiger partial charge in [0.25, 0.3) is 6.43 Å². The topological polar surface area (TPSA) is 93.3 Å². The Morgan fingerprint density at radius 2 is 2.19 bits per heavy atom. The van der Waals surface area contributed by atoms with E-state index in [1.165, 1.54) is 0 Å². The van der Waals surface area contributed by atoms with E-state index in [0.29, 0.717) is 6.07 Å². The van der Waals surface area contributed by atoms with Crippen LogP contribution in [0.5, 0.6) is 0 Å². The van der Waals surface area contributed by atoms with Crippen LogP contribution in [-0.4, -0.2) is 21.0 Å². The second-order valence-corrected chi connectivity index (χ2v) is 2.88. The molecule has 0 unspecified atom stereocenters. The smallest absolute Gasteiger partial charge is 0.364 e. The predicted molar refractivity (Wildman–Crippen MR) is 47.2 cm³/mol. The minimum absolute atomic E-state index is 0.267. The van der Waals surface area contributed by atoms with Crippen molar-refractivity contribution in [3.05, 3.63) is 33.5 Å². The molecule has 1 aromatic rings. The Bertz CT molecular complexity index is 436. The lowest BCUT2D eigenvalue weighted by molar-refractivity contribution is -0.389. The third kappa shape index (κ3) is 2.94. The molecule has 1 heterocycles. The summed E-state index contributed by atoms with van der Waals surface area (Å²) in [5.74, 6) is -2.08. The fraction of sp³-hybridized carbons (Fsp3) is 0.250. The molecule has 0 aliphatic carbocycles. The number of nitro groups is 1. The molecule has 6 nitrogen and oxygen atoms in total. The van der Waals surface area contributed by atoms with Crippen molar-refractivity contribution in [3.63, 3.8) is 0 Å². The number of pyridine rings is 1. The summed E-state index contributed by atoms with van der Waals surface area (Å²) in [6.45, 7) is 0. The Morgan fingerprint density at radius 3 is 2.62 bits per heavy atom. The van der Waals surface area contributed by atoms with Gasteiger partial charge in [0.2, 0.25) is 0 Å². The van der Waals surface area contributed by atoms with Gasteiger partial charge in [-0.15, -0.1) is 0 Å². The average molecular weight is 232 g/mol. The van der Waals surface area contributed by atoms with E-state index in [1.807, 2.05) is 0 Å². The molecule has 0 aliphatic rings. The van der Waals surface area contributed by atoms with Gasteiger partial charge in [-0.3, -0.25) is 4.79 Å². The van der Waals surface area contributed by atoms with E-state index in [1.54, 1.807) is 0 Å². The summed E-state index contributed by atoms with van der Waals surface area (Å²) >= 11 is 0. The van der Waals surface area contributed by atoms with Crippen molar-refractivity contribution >= 4 is 11.8 Å². The maximum Gasteiger partial charge on any atom is 0.364 e. The molecule has 0 atom stereocenters. The molecule has 0 bridgehead atoms.